The lowest BCUT2D eigenvalue weighted by Gasteiger charge is -2.18. The lowest BCUT2D eigenvalue weighted by molar-refractivity contribution is -0.166. The lowest BCUT2D eigenvalue weighted by Crippen LogP contribution is -2.30. The first-order valence-electron chi connectivity index (χ1n) is 23.1. The number of hydrogen-bond acceptors (Lipinski definition) is 6. The summed E-state index contributed by atoms with van der Waals surface area (Å²) < 4.78 is 16.6. The van der Waals surface area contributed by atoms with E-state index in [9.17, 15) is 14.4 Å². The van der Waals surface area contributed by atoms with Gasteiger partial charge in [0.15, 0.2) is 6.10 Å². The van der Waals surface area contributed by atoms with Crippen molar-refractivity contribution in [3.8, 4) is 0 Å². The van der Waals surface area contributed by atoms with E-state index in [4.69, 9.17) is 14.2 Å². The molecule has 0 spiro atoms. The van der Waals surface area contributed by atoms with Crippen LogP contribution in [-0.4, -0.2) is 37.2 Å². The van der Waals surface area contributed by atoms with Crippen LogP contribution in [0.25, 0.3) is 0 Å². The van der Waals surface area contributed by atoms with Crippen molar-refractivity contribution in [2.75, 3.05) is 13.2 Å². The Hall–Kier alpha value is -2.63. The molecule has 0 heterocycles. The summed E-state index contributed by atoms with van der Waals surface area (Å²) in [6, 6.07) is 0. The van der Waals surface area contributed by atoms with Gasteiger partial charge in [-0.3, -0.25) is 14.4 Å². The summed E-state index contributed by atoms with van der Waals surface area (Å²) in [6.07, 6.45) is 51.2. The normalized spacial score (nSPS) is 12.4. The minimum Gasteiger partial charge on any atom is -0.462 e. The number of rotatable bonds is 41. The average molecular weight is 771 g/mol. The Labute approximate surface area is 339 Å². The second-order valence-electron chi connectivity index (χ2n) is 15.3. The number of esters is 3. The molecule has 0 aromatic carbocycles. The summed E-state index contributed by atoms with van der Waals surface area (Å²) in [5.74, 6) is -1.01. The Balaban J connectivity index is 4.42. The van der Waals surface area contributed by atoms with E-state index in [2.05, 4.69) is 63.3 Å². The summed E-state index contributed by atoms with van der Waals surface area (Å²) in [6.45, 7) is 6.42. The van der Waals surface area contributed by atoms with Gasteiger partial charge in [-0.2, -0.15) is 0 Å². The fourth-order valence-electron chi connectivity index (χ4n) is 6.36. The molecule has 0 aliphatic carbocycles. The van der Waals surface area contributed by atoms with E-state index in [1.807, 2.05) is 6.08 Å². The molecule has 1 atom stereocenters. The third kappa shape index (κ3) is 42.4. The zero-order chi connectivity index (χ0) is 40.1. The van der Waals surface area contributed by atoms with Crippen molar-refractivity contribution in [1.29, 1.82) is 0 Å². The Morgan fingerprint density at radius 3 is 1.20 bits per heavy atom. The second kappa shape index (κ2) is 44.1. The molecule has 0 aliphatic rings. The van der Waals surface area contributed by atoms with Crippen molar-refractivity contribution in [3.63, 3.8) is 0 Å². The van der Waals surface area contributed by atoms with Crippen molar-refractivity contribution in [1.82, 2.24) is 0 Å². The number of carbonyl (C=O) groups excluding carboxylic acids is 3. The van der Waals surface area contributed by atoms with Gasteiger partial charge in [0.2, 0.25) is 0 Å². The van der Waals surface area contributed by atoms with Crippen LogP contribution in [0, 0.1) is 0 Å². The fraction of sp³-hybridized carbons (Fsp3) is 0.776. The Kier molecular flexibility index (Phi) is 42.0. The lowest BCUT2D eigenvalue weighted by atomic mass is 10.0. The van der Waals surface area contributed by atoms with E-state index in [0.717, 1.165) is 64.2 Å². The van der Waals surface area contributed by atoms with Crippen LogP contribution in [0.3, 0.4) is 0 Å². The Morgan fingerprint density at radius 2 is 0.745 bits per heavy atom. The van der Waals surface area contributed by atoms with E-state index in [1.165, 1.54) is 116 Å². The molecule has 0 saturated heterocycles. The maximum absolute atomic E-state index is 12.7. The molecule has 0 fully saturated rings. The summed E-state index contributed by atoms with van der Waals surface area (Å²) in [5, 5.41) is 0. The zero-order valence-electron chi connectivity index (χ0n) is 36.2. The van der Waals surface area contributed by atoms with Crippen LogP contribution in [0.5, 0.6) is 0 Å². The van der Waals surface area contributed by atoms with Gasteiger partial charge in [0, 0.05) is 19.3 Å². The first-order chi connectivity index (χ1) is 27.0. The minimum absolute atomic E-state index is 0.104. The van der Waals surface area contributed by atoms with Crippen LogP contribution in [0.1, 0.15) is 226 Å². The molecule has 6 nitrogen and oxygen atoms in total. The number of carbonyl (C=O) groups is 3. The summed E-state index contributed by atoms with van der Waals surface area (Å²) in [7, 11) is 0. The van der Waals surface area contributed by atoms with Gasteiger partial charge in [-0.05, 0) is 64.2 Å². The molecule has 0 bridgehead atoms. The first kappa shape index (κ1) is 52.4. The van der Waals surface area contributed by atoms with Gasteiger partial charge in [0.25, 0.3) is 0 Å². The Bertz CT molecular complexity index is 980. The van der Waals surface area contributed by atoms with Crippen LogP contribution >= 0.6 is 0 Å². The average Bonchev–Trinajstić information content (AvgIpc) is 3.18. The van der Waals surface area contributed by atoms with Crippen molar-refractivity contribution >= 4 is 17.9 Å². The maximum atomic E-state index is 12.7. The number of unbranched alkanes of at least 4 members (excludes halogenated alkanes) is 22. The maximum Gasteiger partial charge on any atom is 0.306 e. The summed E-state index contributed by atoms with van der Waals surface area (Å²) in [4.78, 5) is 37.6. The Morgan fingerprint density at radius 1 is 0.382 bits per heavy atom. The molecule has 0 N–H and O–H groups in total. The fourth-order valence-corrected chi connectivity index (χ4v) is 6.36. The number of allylic oxidation sites excluding steroid dienone is 8. The molecule has 0 rings (SSSR count). The van der Waals surface area contributed by atoms with Gasteiger partial charge in [-0.15, -0.1) is 0 Å². The third-order valence-electron chi connectivity index (χ3n) is 9.83. The third-order valence-corrected chi connectivity index (χ3v) is 9.83. The molecule has 0 saturated carbocycles. The monoisotopic (exact) mass is 771 g/mol. The highest BCUT2D eigenvalue weighted by Crippen LogP contribution is 2.14. The minimum atomic E-state index is -0.811. The van der Waals surface area contributed by atoms with Crippen molar-refractivity contribution in [2.45, 2.75) is 232 Å². The number of ether oxygens (including phenoxy) is 3. The van der Waals surface area contributed by atoms with Gasteiger partial charge < -0.3 is 14.2 Å². The second-order valence-corrected chi connectivity index (χ2v) is 15.3. The van der Waals surface area contributed by atoms with Gasteiger partial charge in [-0.1, -0.05) is 191 Å². The van der Waals surface area contributed by atoms with Crippen LogP contribution in [-0.2, 0) is 28.6 Å². The van der Waals surface area contributed by atoms with Gasteiger partial charge >= 0.3 is 17.9 Å². The molecule has 6 heteroatoms. The quantitative estimate of drug-likeness (QED) is 0.0267. The SMILES string of the molecule is CC/C=C\C/C=C\CCCCC(=O)OCC(COC(=O)CCCCCCCCCCCCCCCCC)OC(=O)CC/C=C\C/C=C\CCCCCCCC. The van der Waals surface area contributed by atoms with Crippen molar-refractivity contribution < 1.29 is 28.6 Å². The number of hydrogen-bond donors (Lipinski definition) is 0. The van der Waals surface area contributed by atoms with E-state index in [1.54, 1.807) is 0 Å². The largest absolute Gasteiger partial charge is 0.462 e. The topological polar surface area (TPSA) is 78.9 Å². The van der Waals surface area contributed by atoms with Crippen molar-refractivity contribution in [2.24, 2.45) is 0 Å². The molecular formula is C49H86O6. The zero-order valence-corrected chi connectivity index (χ0v) is 36.2. The molecule has 0 radical (unpaired) electrons. The summed E-state index contributed by atoms with van der Waals surface area (Å²) >= 11 is 0. The van der Waals surface area contributed by atoms with Crippen LogP contribution < -0.4 is 0 Å². The molecule has 0 amide bonds. The smallest absolute Gasteiger partial charge is 0.306 e. The predicted molar refractivity (Wildman–Crippen MR) is 233 cm³/mol. The summed E-state index contributed by atoms with van der Waals surface area (Å²) in [5.41, 5.74) is 0. The van der Waals surface area contributed by atoms with E-state index in [0.29, 0.717) is 19.3 Å². The van der Waals surface area contributed by atoms with E-state index in [-0.39, 0.29) is 37.5 Å². The molecule has 55 heavy (non-hydrogen) atoms. The van der Waals surface area contributed by atoms with Crippen LogP contribution in [0.2, 0.25) is 0 Å². The van der Waals surface area contributed by atoms with Gasteiger partial charge in [0.1, 0.15) is 13.2 Å². The van der Waals surface area contributed by atoms with Crippen molar-refractivity contribution in [3.05, 3.63) is 48.6 Å². The van der Waals surface area contributed by atoms with Crippen LogP contribution in [0.15, 0.2) is 48.6 Å². The standard InChI is InChI=1S/C49H86O6/c1-4-7-10-13-16-19-21-23-24-26-27-30-33-36-39-42-48(51)54-45-46(44-53-47(50)41-38-35-32-29-18-15-12-9-6-3)55-49(52)43-40-37-34-31-28-25-22-20-17-14-11-8-5-2/h9,12,18,25,28-29,34,37,46H,4-8,10-11,13-17,19-24,26-27,30-33,35-36,38-45H2,1-3H3/b12-9-,28-25-,29-18-,37-34-. The van der Waals surface area contributed by atoms with Crippen LogP contribution in [0.4, 0.5) is 0 Å². The first-order valence-corrected chi connectivity index (χ1v) is 23.1. The van der Waals surface area contributed by atoms with Gasteiger partial charge in [0.05, 0.1) is 0 Å². The van der Waals surface area contributed by atoms with E-state index >= 15 is 0 Å². The van der Waals surface area contributed by atoms with Gasteiger partial charge in [-0.25, -0.2) is 0 Å². The molecule has 0 aromatic rings. The molecule has 0 aromatic heterocycles. The predicted octanol–water partition coefficient (Wildman–Crippen LogP) is 14.8. The molecule has 318 valence electrons. The molecule has 0 aliphatic heterocycles. The highest BCUT2D eigenvalue weighted by Gasteiger charge is 2.19. The molecular weight excluding hydrogens is 685 g/mol. The highest BCUT2D eigenvalue weighted by atomic mass is 16.6. The highest BCUT2D eigenvalue weighted by molar-refractivity contribution is 5.71. The van der Waals surface area contributed by atoms with E-state index < -0.39 is 6.10 Å². The molecule has 1 unspecified atom stereocenters.